The molecule has 2 saturated heterocycles. The van der Waals surface area contributed by atoms with Crippen molar-refractivity contribution in [1.29, 1.82) is 0 Å². The average molecular weight is 357 g/mol. The summed E-state index contributed by atoms with van der Waals surface area (Å²) in [6.07, 6.45) is 5.69. The molecule has 2 amide bonds. The number of benzene rings is 1. The van der Waals surface area contributed by atoms with E-state index in [0.717, 1.165) is 43.5 Å². The van der Waals surface area contributed by atoms with Crippen LogP contribution in [0.4, 0.5) is 0 Å². The summed E-state index contributed by atoms with van der Waals surface area (Å²) >= 11 is 0. The van der Waals surface area contributed by atoms with Gasteiger partial charge in [0.15, 0.2) is 0 Å². The van der Waals surface area contributed by atoms with Crippen molar-refractivity contribution in [2.24, 2.45) is 5.92 Å². The fourth-order valence-corrected chi connectivity index (χ4v) is 3.91. The van der Waals surface area contributed by atoms with Gasteiger partial charge < -0.3 is 15.5 Å². The van der Waals surface area contributed by atoms with Crippen LogP contribution in [0.15, 0.2) is 24.3 Å². The molecule has 0 radical (unpaired) electrons. The van der Waals surface area contributed by atoms with Gasteiger partial charge in [-0.05, 0) is 70.2 Å². The van der Waals surface area contributed by atoms with Crippen molar-refractivity contribution in [2.75, 3.05) is 26.2 Å². The monoisotopic (exact) mass is 357 g/mol. The standard InChI is InChI=1S/C21H31N3O2/c1-16-2-5-18(6-3-16)21(26)24-14-10-19(11-15-24)23-20(25)7-4-17-8-12-22-13-9-17/h2-3,5-6,17,19,22H,4,7-15H2,1H3,(H,23,25). The van der Waals surface area contributed by atoms with Gasteiger partial charge in [0.1, 0.15) is 0 Å². The van der Waals surface area contributed by atoms with Crippen molar-refractivity contribution in [2.45, 2.75) is 51.5 Å². The number of nitrogens with one attached hydrogen (secondary N) is 2. The van der Waals surface area contributed by atoms with Crippen molar-refractivity contribution in [1.82, 2.24) is 15.5 Å². The van der Waals surface area contributed by atoms with Gasteiger partial charge in [0.2, 0.25) is 5.91 Å². The van der Waals surface area contributed by atoms with Crippen LogP contribution in [0.5, 0.6) is 0 Å². The number of piperidine rings is 2. The molecule has 0 spiro atoms. The molecule has 5 heteroatoms. The number of rotatable bonds is 5. The molecule has 2 aliphatic rings. The van der Waals surface area contributed by atoms with Gasteiger partial charge in [0, 0.05) is 31.1 Å². The lowest BCUT2D eigenvalue weighted by molar-refractivity contribution is -0.122. The fourth-order valence-electron chi connectivity index (χ4n) is 3.91. The zero-order valence-corrected chi connectivity index (χ0v) is 15.8. The molecule has 0 unspecified atom stereocenters. The van der Waals surface area contributed by atoms with E-state index in [4.69, 9.17) is 0 Å². The van der Waals surface area contributed by atoms with Crippen molar-refractivity contribution in [3.05, 3.63) is 35.4 Å². The van der Waals surface area contributed by atoms with E-state index in [9.17, 15) is 9.59 Å². The van der Waals surface area contributed by atoms with Crippen molar-refractivity contribution < 1.29 is 9.59 Å². The summed E-state index contributed by atoms with van der Waals surface area (Å²) in [5, 5.41) is 6.54. The third kappa shape index (κ3) is 5.31. The second kappa shape index (κ2) is 9.17. The summed E-state index contributed by atoms with van der Waals surface area (Å²) < 4.78 is 0. The van der Waals surface area contributed by atoms with Gasteiger partial charge in [-0.25, -0.2) is 0 Å². The molecule has 2 aliphatic heterocycles. The highest BCUT2D eigenvalue weighted by atomic mass is 16.2. The van der Waals surface area contributed by atoms with Gasteiger partial charge in [-0.15, -0.1) is 0 Å². The Morgan fingerprint density at radius 3 is 2.38 bits per heavy atom. The number of hydrogen-bond acceptors (Lipinski definition) is 3. The van der Waals surface area contributed by atoms with Gasteiger partial charge in [0.05, 0.1) is 0 Å². The molecular formula is C21H31N3O2. The Hall–Kier alpha value is -1.88. The van der Waals surface area contributed by atoms with Crippen LogP contribution in [0.1, 0.15) is 54.4 Å². The van der Waals surface area contributed by atoms with E-state index in [1.165, 1.54) is 12.8 Å². The van der Waals surface area contributed by atoms with Crippen molar-refractivity contribution >= 4 is 11.8 Å². The minimum Gasteiger partial charge on any atom is -0.353 e. The Morgan fingerprint density at radius 2 is 1.73 bits per heavy atom. The quantitative estimate of drug-likeness (QED) is 0.851. The van der Waals surface area contributed by atoms with Crippen LogP contribution in [0.25, 0.3) is 0 Å². The van der Waals surface area contributed by atoms with E-state index in [-0.39, 0.29) is 17.9 Å². The number of likely N-dealkylation sites (tertiary alicyclic amines) is 1. The normalized spacial score (nSPS) is 19.3. The van der Waals surface area contributed by atoms with Gasteiger partial charge in [-0.3, -0.25) is 9.59 Å². The van der Waals surface area contributed by atoms with E-state index < -0.39 is 0 Å². The van der Waals surface area contributed by atoms with E-state index in [1.807, 2.05) is 36.1 Å². The van der Waals surface area contributed by atoms with Crippen LogP contribution in [-0.2, 0) is 4.79 Å². The van der Waals surface area contributed by atoms with Gasteiger partial charge in [-0.2, -0.15) is 0 Å². The second-order valence-corrected chi connectivity index (χ2v) is 7.73. The average Bonchev–Trinajstić information content (AvgIpc) is 2.68. The fraction of sp³-hybridized carbons (Fsp3) is 0.619. The first-order valence-electron chi connectivity index (χ1n) is 9.98. The predicted molar refractivity (Wildman–Crippen MR) is 103 cm³/mol. The summed E-state index contributed by atoms with van der Waals surface area (Å²) in [4.78, 5) is 26.7. The van der Waals surface area contributed by atoms with Crippen LogP contribution >= 0.6 is 0 Å². The number of carbonyl (C=O) groups is 2. The highest BCUT2D eigenvalue weighted by Gasteiger charge is 2.24. The molecule has 2 fully saturated rings. The lowest BCUT2D eigenvalue weighted by atomic mass is 9.93. The lowest BCUT2D eigenvalue weighted by Gasteiger charge is -2.32. The summed E-state index contributed by atoms with van der Waals surface area (Å²) in [5.41, 5.74) is 1.91. The van der Waals surface area contributed by atoms with Crippen LogP contribution in [0.3, 0.4) is 0 Å². The predicted octanol–water partition coefficient (Wildman–Crippen LogP) is 2.50. The maximum Gasteiger partial charge on any atom is 0.253 e. The highest BCUT2D eigenvalue weighted by Crippen LogP contribution is 2.18. The molecule has 0 aliphatic carbocycles. The van der Waals surface area contributed by atoms with Gasteiger partial charge in [0.25, 0.3) is 5.91 Å². The summed E-state index contributed by atoms with van der Waals surface area (Å²) in [6, 6.07) is 7.95. The molecule has 26 heavy (non-hydrogen) atoms. The molecule has 1 aromatic rings. The zero-order chi connectivity index (χ0) is 18.4. The number of aryl methyl sites for hydroxylation is 1. The SMILES string of the molecule is Cc1ccc(C(=O)N2CCC(NC(=O)CCC3CCNCC3)CC2)cc1. The number of nitrogens with zero attached hydrogens (tertiary/aromatic N) is 1. The first kappa shape index (κ1) is 18.9. The Bertz CT molecular complexity index is 600. The third-order valence-electron chi connectivity index (χ3n) is 5.68. The Balaban J connectivity index is 1.38. The molecule has 5 nitrogen and oxygen atoms in total. The Kier molecular flexibility index (Phi) is 6.67. The number of hydrogen-bond donors (Lipinski definition) is 2. The summed E-state index contributed by atoms with van der Waals surface area (Å²) in [7, 11) is 0. The second-order valence-electron chi connectivity index (χ2n) is 7.73. The highest BCUT2D eigenvalue weighted by molar-refractivity contribution is 5.94. The first-order valence-corrected chi connectivity index (χ1v) is 9.98. The minimum atomic E-state index is 0.0979. The molecule has 0 saturated carbocycles. The van der Waals surface area contributed by atoms with Gasteiger partial charge in [-0.1, -0.05) is 17.7 Å². The Labute approximate surface area is 156 Å². The zero-order valence-electron chi connectivity index (χ0n) is 15.8. The Morgan fingerprint density at radius 1 is 1.08 bits per heavy atom. The van der Waals surface area contributed by atoms with Crippen LogP contribution in [0.2, 0.25) is 0 Å². The van der Waals surface area contributed by atoms with Crippen LogP contribution in [-0.4, -0.2) is 48.9 Å². The molecule has 2 heterocycles. The molecule has 3 rings (SSSR count). The number of carbonyl (C=O) groups excluding carboxylic acids is 2. The molecule has 0 bridgehead atoms. The topological polar surface area (TPSA) is 61.4 Å². The molecule has 2 N–H and O–H groups in total. The first-order chi connectivity index (χ1) is 12.6. The lowest BCUT2D eigenvalue weighted by Crippen LogP contribution is -2.46. The smallest absolute Gasteiger partial charge is 0.253 e. The molecule has 0 aromatic heterocycles. The van der Waals surface area contributed by atoms with E-state index >= 15 is 0 Å². The maximum atomic E-state index is 12.6. The molecule has 1 aromatic carbocycles. The van der Waals surface area contributed by atoms with Gasteiger partial charge >= 0.3 is 0 Å². The summed E-state index contributed by atoms with van der Waals surface area (Å²) in [6.45, 7) is 5.62. The molecule has 142 valence electrons. The number of amides is 2. The molecule has 0 atom stereocenters. The third-order valence-corrected chi connectivity index (χ3v) is 5.68. The van der Waals surface area contributed by atoms with Crippen molar-refractivity contribution in [3.8, 4) is 0 Å². The largest absolute Gasteiger partial charge is 0.353 e. The van der Waals surface area contributed by atoms with E-state index in [2.05, 4.69) is 10.6 Å². The van der Waals surface area contributed by atoms with Crippen molar-refractivity contribution in [3.63, 3.8) is 0 Å². The van der Waals surface area contributed by atoms with Crippen LogP contribution < -0.4 is 10.6 Å². The molecular weight excluding hydrogens is 326 g/mol. The minimum absolute atomic E-state index is 0.0979. The van der Waals surface area contributed by atoms with E-state index in [1.54, 1.807) is 0 Å². The maximum absolute atomic E-state index is 12.6. The van der Waals surface area contributed by atoms with Crippen LogP contribution in [0, 0.1) is 12.8 Å². The van der Waals surface area contributed by atoms with E-state index in [0.29, 0.717) is 25.4 Å². The summed E-state index contributed by atoms with van der Waals surface area (Å²) in [5.74, 6) is 0.962.